The van der Waals surface area contributed by atoms with Crippen LogP contribution in [0.15, 0.2) is 60.7 Å². The molecular weight excluding hydrogens is 450 g/mol. The molecule has 0 bridgehead atoms. The Balaban J connectivity index is 1.70. The molecule has 2 atom stereocenters. The van der Waals surface area contributed by atoms with Crippen LogP contribution >= 0.6 is 0 Å². The summed E-state index contributed by atoms with van der Waals surface area (Å²) < 4.78 is 24.8. The predicted molar refractivity (Wildman–Crippen MR) is 148 cm³/mol. The Morgan fingerprint density at radius 1 is 0.667 bits per heavy atom. The zero-order valence-corrected chi connectivity index (χ0v) is 23.6. The van der Waals surface area contributed by atoms with E-state index in [4.69, 9.17) is 24.7 Å². The molecule has 0 fully saturated rings. The zero-order valence-electron chi connectivity index (χ0n) is 23.6. The summed E-state index contributed by atoms with van der Waals surface area (Å²) in [5.74, 6) is 0. The summed E-state index contributed by atoms with van der Waals surface area (Å²) in [5, 5.41) is 0. The maximum atomic E-state index is 6.22. The number of nitrogens with two attached hydrogens (primary N) is 1. The van der Waals surface area contributed by atoms with Crippen molar-refractivity contribution in [1.29, 1.82) is 0 Å². The van der Waals surface area contributed by atoms with E-state index in [1.165, 1.54) is 11.1 Å². The van der Waals surface area contributed by atoms with Crippen LogP contribution in [-0.2, 0) is 31.8 Å². The lowest BCUT2D eigenvalue weighted by Gasteiger charge is -2.32. The van der Waals surface area contributed by atoms with E-state index in [9.17, 15) is 0 Å². The summed E-state index contributed by atoms with van der Waals surface area (Å²) in [5.41, 5.74) is 7.70. The maximum absolute atomic E-state index is 6.22. The Labute approximate surface area is 219 Å². The molecule has 2 unspecified atom stereocenters. The lowest BCUT2D eigenvalue weighted by Crippen LogP contribution is -2.39. The molecule has 0 aromatic heterocycles. The van der Waals surface area contributed by atoms with Gasteiger partial charge in [0.25, 0.3) is 0 Å². The molecule has 5 heteroatoms. The van der Waals surface area contributed by atoms with E-state index in [-0.39, 0.29) is 29.0 Å². The fraction of sp³-hybridized carbons (Fsp3) is 0.613. The molecular formula is C31H49NO4. The molecule has 2 aromatic rings. The zero-order chi connectivity index (χ0) is 26.7. The highest BCUT2D eigenvalue weighted by molar-refractivity contribution is 5.17. The average Bonchev–Trinajstić information content (AvgIpc) is 2.81. The Kier molecular flexibility index (Phi) is 12.1. The fourth-order valence-electron chi connectivity index (χ4n) is 4.11. The van der Waals surface area contributed by atoms with Crippen molar-refractivity contribution in [2.75, 3.05) is 26.4 Å². The summed E-state index contributed by atoms with van der Waals surface area (Å²) in [6.45, 7) is 16.7. The van der Waals surface area contributed by atoms with E-state index in [1.54, 1.807) is 0 Å². The third-order valence-corrected chi connectivity index (χ3v) is 6.20. The highest BCUT2D eigenvalue weighted by Crippen LogP contribution is 2.22. The molecule has 0 aliphatic rings. The fourth-order valence-corrected chi connectivity index (χ4v) is 4.11. The van der Waals surface area contributed by atoms with Crippen LogP contribution in [0.2, 0.25) is 0 Å². The van der Waals surface area contributed by atoms with Gasteiger partial charge in [0.2, 0.25) is 0 Å². The van der Waals surface area contributed by atoms with Gasteiger partial charge in [-0.15, -0.1) is 0 Å². The highest BCUT2D eigenvalue weighted by Gasteiger charge is 2.26. The van der Waals surface area contributed by atoms with Gasteiger partial charge in [-0.05, 0) is 66.0 Å². The van der Waals surface area contributed by atoms with Gasteiger partial charge < -0.3 is 24.7 Å². The summed E-state index contributed by atoms with van der Waals surface area (Å²) in [6.07, 6.45) is 2.25. The molecule has 2 N–H and O–H groups in total. The number of ether oxygens (including phenoxy) is 4. The normalized spacial score (nSPS) is 14.6. The van der Waals surface area contributed by atoms with Crippen LogP contribution in [0.4, 0.5) is 0 Å². The topological polar surface area (TPSA) is 62.9 Å². The summed E-state index contributed by atoms with van der Waals surface area (Å²) in [7, 11) is 0. The molecule has 2 aromatic carbocycles. The quantitative estimate of drug-likeness (QED) is 0.290. The third-order valence-electron chi connectivity index (χ3n) is 6.20. The lowest BCUT2D eigenvalue weighted by atomic mass is 9.98. The highest BCUT2D eigenvalue weighted by atomic mass is 16.6. The molecule has 0 aliphatic carbocycles. The Morgan fingerprint density at radius 3 is 1.64 bits per heavy atom. The second kappa shape index (κ2) is 14.3. The van der Waals surface area contributed by atoms with Crippen LogP contribution < -0.4 is 5.73 Å². The van der Waals surface area contributed by atoms with Gasteiger partial charge in [0.05, 0.1) is 48.8 Å². The SMILES string of the molecule is CC(COC(C)(C)Cc1ccccc1)OC(CN)COC(C)(C)CCOC(C)(C)Cc1ccccc1. The maximum Gasteiger partial charge on any atom is 0.0935 e. The van der Waals surface area contributed by atoms with Crippen molar-refractivity contribution in [1.82, 2.24) is 0 Å². The van der Waals surface area contributed by atoms with Gasteiger partial charge >= 0.3 is 0 Å². The third kappa shape index (κ3) is 12.5. The lowest BCUT2D eigenvalue weighted by molar-refractivity contribution is -0.131. The van der Waals surface area contributed by atoms with E-state index >= 15 is 0 Å². The Hall–Kier alpha value is -1.76. The van der Waals surface area contributed by atoms with Crippen LogP contribution in [0.1, 0.15) is 66.0 Å². The van der Waals surface area contributed by atoms with E-state index in [1.807, 2.05) is 19.1 Å². The first-order valence-electron chi connectivity index (χ1n) is 13.2. The van der Waals surface area contributed by atoms with Crippen molar-refractivity contribution < 1.29 is 18.9 Å². The van der Waals surface area contributed by atoms with Crippen LogP contribution in [0.5, 0.6) is 0 Å². The van der Waals surface area contributed by atoms with Gasteiger partial charge in [-0.25, -0.2) is 0 Å². The first kappa shape index (κ1) is 30.5. The van der Waals surface area contributed by atoms with E-state index < -0.39 is 0 Å². The number of rotatable bonds is 17. The van der Waals surface area contributed by atoms with Crippen molar-refractivity contribution in [3.05, 3.63) is 71.8 Å². The smallest absolute Gasteiger partial charge is 0.0935 e. The molecule has 0 saturated heterocycles. The summed E-state index contributed by atoms with van der Waals surface area (Å²) in [4.78, 5) is 0. The van der Waals surface area contributed by atoms with Crippen molar-refractivity contribution in [2.24, 2.45) is 5.73 Å². The number of hydrogen-bond acceptors (Lipinski definition) is 5. The summed E-state index contributed by atoms with van der Waals surface area (Å²) in [6, 6.07) is 20.9. The molecule has 202 valence electrons. The van der Waals surface area contributed by atoms with Gasteiger partial charge in [-0.2, -0.15) is 0 Å². The molecule has 5 nitrogen and oxygen atoms in total. The first-order chi connectivity index (χ1) is 16.9. The molecule has 0 radical (unpaired) electrons. The van der Waals surface area contributed by atoms with E-state index in [2.05, 4.69) is 90.1 Å². The van der Waals surface area contributed by atoms with Crippen molar-refractivity contribution in [3.8, 4) is 0 Å². The average molecular weight is 500 g/mol. The molecule has 2 rings (SSSR count). The molecule has 0 amide bonds. The largest absolute Gasteiger partial charge is 0.375 e. The van der Waals surface area contributed by atoms with Crippen molar-refractivity contribution in [2.45, 2.75) is 96.7 Å². The predicted octanol–water partition coefficient (Wildman–Crippen LogP) is 5.98. The Bertz CT molecular complexity index is 851. The molecule has 0 saturated carbocycles. The minimum Gasteiger partial charge on any atom is -0.375 e. The standard InChI is InChI=1S/C31H49NO4/c1-25(23-34-31(6,7)21-27-16-12-9-13-17-27)36-28(22-32)24-35-29(2,3)18-19-33-30(4,5)20-26-14-10-8-11-15-26/h8-17,25,28H,18-24,32H2,1-7H3. The van der Waals surface area contributed by atoms with Crippen LogP contribution in [0, 0.1) is 0 Å². The van der Waals surface area contributed by atoms with Gasteiger partial charge in [-0.1, -0.05) is 60.7 Å². The Morgan fingerprint density at radius 2 is 1.14 bits per heavy atom. The van der Waals surface area contributed by atoms with Gasteiger partial charge in [0, 0.05) is 19.4 Å². The van der Waals surface area contributed by atoms with Crippen LogP contribution in [0.3, 0.4) is 0 Å². The van der Waals surface area contributed by atoms with Gasteiger partial charge in [-0.3, -0.25) is 0 Å². The van der Waals surface area contributed by atoms with Gasteiger partial charge in [0.1, 0.15) is 0 Å². The molecule has 0 aliphatic heterocycles. The second-order valence-corrected chi connectivity index (χ2v) is 11.6. The molecule has 36 heavy (non-hydrogen) atoms. The monoisotopic (exact) mass is 499 g/mol. The molecule has 0 heterocycles. The van der Waals surface area contributed by atoms with Crippen LogP contribution in [0.25, 0.3) is 0 Å². The first-order valence-corrected chi connectivity index (χ1v) is 13.2. The van der Waals surface area contributed by atoms with Gasteiger partial charge in [0.15, 0.2) is 0 Å². The van der Waals surface area contributed by atoms with Crippen molar-refractivity contribution in [3.63, 3.8) is 0 Å². The minimum absolute atomic E-state index is 0.0811. The van der Waals surface area contributed by atoms with Crippen molar-refractivity contribution >= 4 is 0 Å². The van der Waals surface area contributed by atoms with E-state index in [0.717, 1.165) is 19.3 Å². The van der Waals surface area contributed by atoms with E-state index in [0.29, 0.717) is 26.4 Å². The number of benzene rings is 2. The van der Waals surface area contributed by atoms with Crippen LogP contribution in [-0.4, -0.2) is 55.4 Å². The minimum atomic E-state index is -0.336. The molecule has 0 spiro atoms. The second-order valence-electron chi connectivity index (χ2n) is 11.6. The number of hydrogen-bond donors (Lipinski definition) is 1. The summed E-state index contributed by atoms with van der Waals surface area (Å²) >= 11 is 0.